The van der Waals surface area contributed by atoms with Crippen LogP contribution in [0.2, 0.25) is 0 Å². The molecule has 0 radical (unpaired) electrons. The molecule has 0 aliphatic carbocycles. The molecule has 1 rings (SSSR count). The lowest BCUT2D eigenvalue weighted by atomic mass is 9.88. The number of amides is 1. The van der Waals surface area contributed by atoms with Crippen molar-refractivity contribution in [2.24, 2.45) is 5.41 Å². The van der Waals surface area contributed by atoms with E-state index in [1.165, 1.54) is 5.56 Å². The van der Waals surface area contributed by atoms with Crippen LogP contribution in [0.25, 0.3) is 0 Å². The number of nitrogens with one attached hydrogen (secondary N) is 2. The van der Waals surface area contributed by atoms with E-state index in [0.29, 0.717) is 6.42 Å². The molecule has 5 heteroatoms. The molecule has 1 amide bonds. The third kappa shape index (κ3) is 9.73. The molecule has 138 valence electrons. The molecule has 5 nitrogen and oxygen atoms in total. The van der Waals surface area contributed by atoms with Crippen molar-refractivity contribution in [1.82, 2.24) is 5.32 Å². The molecule has 0 unspecified atom stereocenters. The zero-order valence-electron chi connectivity index (χ0n) is 16.1. The molecule has 0 bridgehead atoms. The van der Waals surface area contributed by atoms with E-state index in [2.05, 4.69) is 30.6 Å². The number of hydrogen-bond donors (Lipinski definition) is 2. The Kier molecular flexibility index (Phi) is 7.92. The predicted octanol–water partition coefficient (Wildman–Crippen LogP) is 4.50. The van der Waals surface area contributed by atoms with Gasteiger partial charge < -0.3 is 10.1 Å². The number of anilines is 1. The molecule has 0 saturated heterocycles. The van der Waals surface area contributed by atoms with Crippen LogP contribution in [0.15, 0.2) is 24.3 Å². The topological polar surface area (TPSA) is 74.2 Å². The quantitative estimate of drug-likeness (QED) is 0.681. The van der Waals surface area contributed by atoms with Gasteiger partial charge in [-0.15, -0.1) is 0 Å². The molecular formula is C20H31N3O2. The fourth-order valence-electron chi connectivity index (χ4n) is 2.32. The average Bonchev–Trinajstić information content (AvgIpc) is 2.49. The van der Waals surface area contributed by atoms with Crippen molar-refractivity contribution in [3.8, 4) is 6.07 Å². The number of benzene rings is 1. The van der Waals surface area contributed by atoms with Crippen molar-refractivity contribution >= 4 is 11.8 Å². The zero-order valence-corrected chi connectivity index (χ0v) is 16.1. The molecule has 0 aliphatic rings. The number of nitrogens with zero attached hydrogens (tertiary/aromatic N) is 1. The first kappa shape index (κ1) is 21.0. The average molecular weight is 345 g/mol. The maximum atomic E-state index is 11.7. The highest BCUT2D eigenvalue weighted by Gasteiger charge is 2.17. The minimum absolute atomic E-state index is 0.136. The minimum Gasteiger partial charge on any atom is -0.444 e. The molecule has 0 heterocycles. The summed E-state index contributed by atoms with van der Waals surface area (Å²) in [6, 6.07) is 9.99. The Bertz CT molecular complexity index is 580. The lowest BCUT2D eigenvalue weighted by Gasteiger charge is -2.23. The van der Waals surface area contributed by atoms with E-state index in [4.69, 9.17) is 10.00 Å². The van der Waals surface area contributed by atoms with Gasteiger partial charge in [-0.25, -0.2) is 4.79 Å². The summed E-state index contributed by atoms with van der Waals surface area (Å²) in [5.74, 6) is 0. The molecule has 1 aromatic carbocycles. The first-order valence-electron chi connectivity index (χ1n) is 8.78. The standard InChI is InChI=1S/C20H31N3O2/c1-19(2,3)25-18(24)23-17-9-7-16(8-10-17)11-14-22-15-20(4,5)12-6-13-21/h7-10,22H,6,11-12,14-15H2,1-5H3,(H,23,24). The highest BCUT2D eigenvalue weighted by molar-refractivity contribution is 5.84. The van der Waals surface area contributed by atoms with Crippen molar-refractivity contribution in [3.05, 3.63) is 29.8 Å². The second-order valence-electron chi connectivity index (χ2n) is 8.07. The van der Waals surface area contributed by atoms with Gasteiger partial charge in [0, 0.05) is 18.7 Å². The molecule has 0 atom stereocenters. The van der Waals surface area contributed by atoms with Crippen LogP contribution in [0.4, 0.5) is 10.5 Å². The van der Waals surface area contributed by atoms with E-state index in [1.54, 1.807) is 0 Å². The predicted molar refractivity (Wildman–Crippen MR) is 102 cm³/mol. The maximum absolute atomic E-state index is 11.7. The Balaban J connectivity index is 2.35. The van der Waals surface area contributed by atoms with Gasteiger partial charge in [0.05, 0.1) is 6.07 Å². The molecule has 0 aromatic heterocycles. The van der Waals surface area contributed by atoms with Crippen LogP contribution in [0, 0.1) is 16.7 Å². The van der Waals surface area contributed by atoms with Crippen LogP contribution in [-0.2, 0) is 11.2 Å². The second kappa shape index (κ2) is 9.43. The van der Waals surface area contributed by atoms with Crippen molar-refractivity contribution in [2.45, 2.75) is 59.5 Å². The van der Waals surface area contributed by atoms with Gasteiger partial charge in [-0.05, 0) is 63.3 Å². The molecule has 0 fully saturated rings. The fourth-order valence-corrected chi connectivity index (χ4v) is 2.32. The summed E-state index contributed by atoms with van der Waals surface area (Å²) in [6.45, 7) is 11.6. The van der Waals surface area contributed by atoms with Gasteiger partial charge in [-0.2, -0.15) is 5.26 Å². The van der Waals surface area contributed by atoms with Gasteiger partial charge in [0.2, 0.25) is 0 Å². The minimum atomic E-state index is -0.503. The van der Waals surface area contributed by atoms with E-state index in [-0.39, 0.29) is 5.41 Å². The summed E-state index contributed by atoms with van der Waals surface area (Å²) in [4.78, 5) is 11.7. The first-order chi connectivity index (χ1) is 11.6. The number of nitriles is 1. The zero-order chi connectivity index (χ0) is 18.9. The van der Waals surface area contributed by atoms with E-state index >= 15 is 0 Å². The van der Waals surface area contributed by atoms with Crippen molar-refractivity contribution in [3.63, 3.8) is 0 Å². The fraction of sp³-hybridized carbons (Fsp3) is 0.600. The first-order valence-corrected chi connectivity index (χ1v) is 8.78. The van der Waals surface area contributed by atoms with Crippen LogP contribution in [0.1, 0.15) is 53.0 Å². The van der Waals surface area contributed by atoms with Crippen molar-refractivity contribution < 1.29 is 9.53 Å². The normalized spacial score (nSPS) is 11.7. The molecule has 0 aliphatic heterocycles. The van der Waals surface area contributed by atoms with Gasteiger partial charge in [0.1, 0.15) is 5.60 Å². The number of ether oxygens (including phenoxy) is 1. The van der Waals surface area contributed by atoms with Crippen LogP contribution >= 0.6 is 0 Å². The van der Waals surface area contributed by atoms with Crippen molar-refractivity contribution in [1.29, 1.82) is 5.26 Å². The number of carbonyl (C=O) groups excluding carboxylic acids is 1. The lowest BCUT2D eigenvalue weighted by molar-refractivity contribution is 0.0636. The Hall–Kier alpha value is -2.06. The van der Waals surface area contributed by atoms with Crippen LogP contribution in [0.3, 0.4) is 0 Å². The van der Waals surface area contributed by atoms with Gasteiger partial charge in [-0.1, -0.05) is 26.0 Å². The highest BCUT2D eigenvalue weighted by atomic mass is 16.6. The van der Waals surface area contributed by atoms with E-state index in [1.807, 2.05) is 45.0 Å². The molecule has 0 saturated carbocycles. The smallest absolute Gasteiger partial charge is 0.412 e. The Labute approximate surface area is 151 Å². The largest absolute Gasteiger partial charge is 0.444 e. The molecule has 0 spiro atoms. The highest BCUT2D eigenvalue weighted by Crippen LogP contribution is 2.20. The summed E-state index contributed by atoms with van der Waals surface area (Å²) in [6.07, 6.45) is 1.98. The van der Waals surface area contributed by atoms with Crippen LogP contribution in [0.5, 0.6) is 0 Å². The van der Waals surface area contributed by atoms with E-state index in [9.17, 15) is 4.79 Å². The van der Waals surface area contributed by atoms with Gasteiger partial charge in [0.25, 0.3) is 0 Å². The van der Waals surface area contributed by atoms with Crippen molar-refractivity contribution in [2.75, 3.05) is 18.4 Å². The second-order valence-corrected chi connectivity index (χ2v) is 8.07. The summed E-state index contributed by atoms with van der Waals surface area (Å²) in [7, 11) is 0. The maximum Gasteiger partial charge on any atom is 0.412 e. The lowest BCUT2D eigenvalue weighted by Crippen LogP contribution is -2.30. The number of rotatable bonds is 8. The Morgan fingerprint density at radius 3 is 2.36 bits per heavy atom. The third-order valence-corrected chi connectivity index (χ3v) is 3.71. The third-order valence-electron chi connectivity index (χ3n) is 3.71. The van der Waals surface area contributed by atoms with Crippen LogP contribution in [-0.4, -0.2) is 24.8 Å². The van der Waals surface area contributed by atoms with Gasteiger partial charge in [0.15, 0.2) is 0 Å². The molecule has 1 aromatic rings. The SMILES string of the molecule is CC(C)(CCC#N)CNCCc1ccc(NC(=O)OC(C)(C)C)cc1. The Morgan fingerprint density at radius 2 is 1.80 bits per heavy atom. The van der Waals surface area contributed by atoms with E-state index in [0.717, 1.165) is 31.6 Å². The summed E-state index contributed by atoms with van der Waals surface area (Å²) in [5, 5.41) is 14.9. The van der Waals surface area contributed by atoms with Gasteiger partial charge >= 0.3 is 6.09 Å². The summed E-state index contributed by atoms with van der Waals surface area (Å²) in [5.41, 5.74) is 1.56. The monoisotopic (exact) mass is 345 g/mol. The summed E-state index contributed by atoms with van der Waals surface area (Å²) < 4.78 is 5.23. The Morgan fingerprint density at radius 1 is 1.16 bits per heavy atom. The summed E-state index contributed by atoms with van der Waals surface area (Å²) >= 11 is 0. The molecule has 25 heavy (non-hydrogen) atoms. The van der Waals surface area contributed by atoms with Gasteiger partial charge in [-0.3, -0.25) is 5.32 Å². The number of carbonyl (C=O) groups is 1. The number of hydrogen-bond acceptors (Lipinski definition) is 4. The van der Waals surface area contributed by atoms with E-state index < -0.39 is 11.7 Å². The van der Waals surface area contributed by atoms with Crippen LogP contribution < -0.4 is 10.6 Å². The molecule has 2 N–H and O–H groups in total. The molecular weight excluding hydrogens is 314 g/mol.